The maximum Gasteiger partial charge on any atom is 0.229 e. The zero-order chi connectivity index (χ0) is 80.7. The zero-order valence-corrected chi connectivity index (χ0v) is 74.4. The molecule has 7 aromatic carbocycles. The molecule has 0 radical (unpaired) electrons. The summed E-state index contributed by atoms with van der Waals surface area (Å²) < 4.78 is 18.3. The summed E-state index contributed by atoms with van der Waals surface area (Å²) >= 11 is 6.37. The molecule has 2 N–H and O–H groups in total. The van der Waals surface area contributed by atoms with E-state index >= 15 is 0 Å². The van der Waals surface area contributed by atoms with Gasteiger partial charge in [0.15, 0.2) is 5.82 Å². The Morgan fingerprint density at radius 2 is 1.11 bits per heavy atom. The molecule has 1 aromatic heterocycles. The average Bonchev–Trinajstić information content (AvgIpc) is 0.821. The minimum atomic E-state index is -2.49. The molecule has 3 unspecified atom stereocenters. The van der Waals surface area contributed by atoms with Crippen molar-refractivity contribution in [1.29, 1.82) is 0 Å². The van der Waals surface area contributed by atoms with Crippen molar-refractivity contribution in [3.05, 3.63) is 252 Å². The second-order valence-corrected chi connectivity index (χ2v) is 41.6. The van der Waals surface area contributed by atoms with E-state index in [-0.39, 0.29) is 10.8 Å². The van der Waals surface area contributed by atoms with Crippen LogP contribution in [-0.4, -0.2) is 43.5 Å². The monoisotopic (exact) mass is 1570 g/mol. The van der Waals surface area contributed by atoms with Crippen LogP contribution in [0.1, 0.15) is 295 Å². The van der Waals surface area contributed by atoms with Gasteiger partial charge in [0.25, 0.3) is 0 Å². The summed E-state index contributed by atoms with van der Waals surface area (Å²) in [6.45, 7) is 33.9. The molecule has 5 aliphatic carbocycles. The van der Waals surface area contributed by atoms with Crippen LogP contribution in [0.4, 0.5) is 28.8 Å². The topological polar surface area (TPSA) is 79.4 Å². The lowest BCUT2D eigenvalue weighted by molar-refractivity contribution is 0.159. The minimum absolute atomic E-state index is 0.160. The van der Waals surface area contributed by atoms with E-state index in [2.05, 4.69) is 230 Å². The van der Waals surface area contributed by atoms with Gasteiger partial charge in [-0.1, -0.05) is 247 Å². The zero-order valence-electron chi connectivity index (χ0n) is 72.8. The van der Waals surface area contributed by atoms with E-state index < -0.39 is 7.14 Å². The van der Waals surface area contributed by atoms with Gasteiger partial charge in [-0.25, -0.2) is 4.98 Å². The first-order valence-corrected chi connectivity index (χ1v) is 47.8. The number of methoxy groups -OCH3 is 1. The molecule has 610 valence electrons. The number of rotatable bonds is 22. The van der Waals surface area contributed by atoms with Gasteiger partial charge in [0, 0.05) is 30.1 Å². The first kappa shape index (κ1) is 86.2. The molecule has 9 heteroatoms. The van der Waals surface area contributed by atoms with Gasteiger partial charge in [0.2, 0.25) is 5.95 Å². The Labute approximate surface area is 695 Å². The molecule has 7 nitrogen and oxygen atoms in total. The molecule has 1 saturated heterocycles. The number of para-hydroxylation sites is 1. The molecule has 3 atom stereocenters. The number of halogens is 1. The van der Waals surface area contributed by atoms with Crippen LogP contribution in [0, 0.1) is 48.3 Å². The maximum absolute atomic E-state index is 12.7. The summed E-state index contributed by atoms with van der Waals surface area (Å²) in [5, 5.41) is 7.56. The number of nitrogens with zero attached hydrogens (tertiary/aromatic N) is 3. The molecule has 1 aliphatic heterocycles. The van der Waals surface area contributed by atoms with E-state index in [0.29, 0.717) is 28.4 Å². The van der Waals surface area contributed by atoms with Crippen molar-refractivity contribution in [1.82, 2.24) is 9.97 Å². The Kier molecular flexibility index (Phi) is 30.1. The molecule has 0 bridgehead atoms. The van der Waals surface area contributed by atoms with E-state index in [1.807, 2.05) is 36.4 Å². The van der Waals surface area contributed by atoms with E-state index in [4.69, 9.17) is 16.3 Å². The van der Waals surface area contributed by atoms with E-state index in [1.54, 1.807) is 59.4 Å². The van der Waals surface area contributed by atoms with Crippen LogP contribution >= 0.6 is 18.7 Å². The number of anilines is 5. The van der Waals surface area contributed by atoms with Crippen LogP contribution in [0.5, 0.6) is 5.75 Å². The lowest BCUT2D eigenvalue weighted by Crippen LogP contribution is -2.29. The Bertz CT molecular complexity index is 4570. The standard InChI is InChI=1S/C41H58.C40H54.C24H29ClN5O2P/c1-7-31-18-15-30(26-39(31)28-38-11-9-10-12-40(38)41(4,5)6)25-36-23-24-37(27-32(36)8-2)35-21-19-34(20-22-35)33-16-13-29(3)14-17-33;1-7-31-26-36(33-19-17-32(18-20-33)34-13-10-11-28(2)23-34)22-21-35(31)24-30-16-15-29(3)38(25-30)27-37-12-8-9-14-39(37)40(4,5)6;1-32-21-15-17(30-13-7-4-8-14-30)11-12-19(21)28-24-26-16-18(25)23(29-24)27-20-9-5-6-10-22(20)33(2,3)31/h9-12,18,23-24,26-27,29-30,33-35H,7-8,13-17,19-22,25,28H2,1-6H3;8-9,12,14-16,21-22,25-26,28,32-34H,7,10-11,13,17-20,23-24,27H2,1-6H3;5-6,9-12,15-16H,4,7-8,13-14H2,1-3H3,(H2,26,27,28,29). The number of hydrogen-bond donors (Lipinski definition) is 2. The fourth-order valence-corrected chi connectivity index (χ4v) is 21.9. The van der Waals surface area contributed by atoms with Gasteiger partial charge in [0.05, 0.1) is 24.7 Å². The number of hydrogen-bond acceptors (Lipinski definition) is 7. The largest absolute Gasteiger partial charge is 0.494 e. The number of aryl methyl sites for hydroxylation is 3. The highest BCUT2D eigenvalue weighted by molar-refractivity contribution is 7.70. The smallest absolute Gasteiger partial charge is 0.229 e. The predicted octanol–water partition coefficient (Wildman–Crippen LogP) is 28.7. The van der Waals surface area contributed by atoms with Crippen LogP contribution in [0.2, 0.25) is 5.02 Å². The van der Waals surface area contributed by atoms with Gasteiger partial charge in [-0.2, -0.15) is 4.98 Å². The third kappa shape index (κ3) is 23.0. The molecule has 0 amide bonds. The highest BCUT2D eigenvalue weighted by Gasteiger charge is 2.34. The number of ether oxygens (including phenoxy) is 1. The Morgan fingerprint density at radius 1 is 0.526 bits per heavy atom. The summed E-state index contributed by atoms with van der Waals surface area (Å²) in [4.78, 5) is 11.3. The SMILES string of the molecule is CCC1=CCC(Cc2ccc(C3CCC(C4CCC(C)CC4)CC3)cc2CC)C=C1Cc1ccccc1C(C)(C)C.CCc1cc(C2CCC(C3CCCC(C)C3)CC2)ccc1Cc1ccc(C)c(Cc2ccccc2C(C)(C)C)c1.COc1cc(N2CCCCC2)ccc1Nc1ncc(Cl)c(Nc2ccccc2P(C)(C)=O)n1. The number of piperidine rings is 1. The fraction of sp³-hybridized carbons (Fsp3) is 0.524. The lowest BCUT2D eigenvalue weighted by Gasteiger charge is -2.38. The van der Waals surface area contributed by atoms with Crippen molar-refractivity contribution >= 4 is 52.9 Å². The number of nitrogens with one attached hydrogen (secondary N) is 2. The minimum Gasteiger partial charge on any atom is -0.494 e. The molecule has 114 heavy (non-hydrogen) atoms. The third-order valence-electron chi connectivity index (χ3n) is 27.3. The van der Waals surface area contributed by atoms with E-state index in [1.165, 1.54) is 186 Å². The lowest BCUT2D eigenvalue weighted by atomic mass is 9.68. The average molecular weight is 1570 g/mol. The quantitative estimate of drug-likeness (QED) is 0.0655. The summed E-state index contributed by atoms with van der Waals surface area (Å²) in [6, 6.07) is 54.1. The van der Waals surface area contributed by atoms with Crippen LogP contribution in [0.3, 0.4) is 0 Å². The maximum atomic E-state index is 12.7. The van der Waals surface area contributed by atoms with Gasteiger partial charge < -0.3 is 24.8 Å². The first-order chi connectivity index (χ1) is 54.8. The van der Waals surface area contributed by atoms with Crippen molar-refractivity contribution < 1.29 is 9.30 Å². The Hall–Kier alpha value is -7.18. The van der Waals surface area contributed by atoms with Crippen molar-refractivity contribution in [2.24, 2.45) is 41.4 Å². The van der Waals surface area contributed by atoms with E-state index in [9.17, 15) is 4.57 Å². The van der Waals surface area contributed by atoms with Gasteiger partial charge in [0.1, 0.15) is 17.9 Å². The number of allylic oxidation sites excluding steroid dienone is 4. The number of benzene rings is 7. The molecular formula is C105H141ClN5O2P. The molecule has 14 rings (SSSR count). The van der Waals surface area contributed by atoms with Gasteiger partial charge in [-0.05, 0) is 333 Å². The second kappa shape index (κ2) is 39.8. The summed E-state index contributed by atoms with van der Waals surface area (Å²) in [5.41, 5.74) is 25.8. The molecule has 2 heterocycles. The predicted molar refractivity (Wildman–Crippen MR) is 491 cm³/mol. The Morgan fingerprint density at radius 3 is 1.72 bits per heavy atom. The summed E-state index contributed by atoms with van der Waals surface area (Å²) in [5.74, 6) is 9.65. The second-order valence-electron chi connectivity index (χ2n) is 38.1. The van der Waals surface area contributed by atoms with Crippen molar-refractivity contribution in [2.45, 2.75) is 279 Å². The van der Waals surface area contributed by atoms with E-state index in [0.717, 1.165) is 121 Å². The van der Waals surface area contributed by atoms with Crippen molar-refractivity contribution in [2.75, 3.05) is 49.1 Å². The van der Waals surface area contributed by atoms with Gasteiger partial charge in [-0.15, -0.1) is 0 Å². The molecule has 8 aromatic rings. The highest BCUT2D eigenvalue weighted by Crippen LogP contribution is 2.48. The van der Waals surface area contributed by atoms with Gasteiger partial charge >= 0.3 is 0 Å². The van der Waals surface area contributed by atoms with Crippen LogP contribution < -0.4 is 25.6 Å². The molecule has 6 aliphatic rings. The fourth-order valence-electron chi connectivity index (χ4n) is 20.6. The highest BCUT2D eigenvalue weighted by atomic mass is 35.5. The molecule has 4 saturated carbocycles. The molecular weight excluding hydrogens is 1430 g/mol. The van der Waals surface area contributed by atoms with Gasteiger partial charge in [-0.3, -0.25) is 0 Å². The Balaban J connectivity index is 0.000000159. The normalized spacial score (nSPS) is 22.2. The summed E-state index contributed by atoms with van der Waals surface area (Å²) in [7, 11) is -0.833. The molecule has 5 fully saturated rings. The third-order valence-corrected chi connectivity index (χ3v) is 29.1. The van der Waals surface area contributed by atoms with Crippen molar-refractivity contribution in [3.8, 4) is 5.75 Å². The number of aromatic nitrogens is 2. The van der Waals surface area contributed by atoms with Crippen molar-refractivity contribution in [3.63, 3.8) is 0 Å². The van der Waals surface area contributed by atoms with Crippen LogP contribution in [0.15, 0.2) is 175 Å². The first-order valence-electron chi connectivity index (χ1n) is 44.8. The molecule has 0 spiro atoms. The summed E-state index contributed by atoms with van der Waals surface area (Å²) in [6.07, 6.45) is 42.7. The van der Waals surface area contributed by atoms with Crippen LogP contribution in [0.25, 0.3) is 0 Å². The van der Waals surface area contributed by atoms with Crippen LogP contribution in [-0.2, 0) is 53.9 Å².